The van der Waals surface area contributed by atoms with E-state index in [1.165, 1.54) is 77.0 Å². The van der Waals surface area contributed by atoms with Gasteiger partial charge in [-0.25, -0.2) is 0 Å². The van der Waals surface area contributed by atoms with Gasteiger partial charge in [0.05, 0.1) is 13.2 Å². The Morgan fingerprint density at radius 3 is 1.70 bits per heavy atom. The topological polar surface area (TPSA) is 18.5 Å². The third-order valence-corrected chi connectivity index (χ3v) is 6.00. The van der Waals surface area contributed by atoms with Crippen molar-refractivity contribution >= 4 is 0 Å². The lowest BCUT2D eigenvalue weighted by Crippen LogP contribution is -2.15. The number of rotatable bonds is 14. The molecule has 2 nitrogen and oxygen atoms in total. The minimum Gasteiger partial charge on any atom is -0.494 e. The molecule has 154 valence electrons. The molecule has 0 unspecified atom stereocenters. The van der Waals surface area contributed by atoms with E-state index in [1.54, 1.807) is 0 Å². The molecule has 0 heterocycles. The van der Waals surface area contributed by atoms with Crippen molar-refractivity contribution in [3.05, 3.63) is 24.3 Å². The van der Waals surface area contributed by atoms with Crippen LogP contribution in [0.4, 0.5) is 0 Å². The first-order valence-corrected chi connectivity index (χ1v) is 11.7. The van der Waals surface area contributed by atoms with Gasteiger partial charge < -0.3 is 9.47 Å². The molecule has 0 aliphatic heterocycles. The normalized spacial score (nSPS) is 19.8. The highest BCUT2D eigenvalue weighted by Gasteiger charge is 2.20. The summed E-state index contributed by atoms with van der Waals surface area (Å²) >= 11 is 0. The lowest BCUT2D eigenvalue weighted by atomic mass is 9.78. The fraction of sp³-hybridized carbons (Fsp3) is 0.760. The Hall–Kier alpha value is -1.18. The van der Waals surface area contributed by atoms with Crippen molar-refractivity contribution in [1.29, 1.82) is 0 Å². The molecule has 1 aromatic carbocycles. The summed E-state index contributed by atoms with van der Waals surface area (Å²) in [6.45, 7) is 6.04. The van der Waals surface area contributed by atoms with Gasteiger partial charge in [-0.3, -0.25) is 0 Å². The van der Waals surface area contributed by atoms with Gasteiger partial charge in [0.25, 0.3) is 0 Å². The molecular formula is C25H42O2. The van der Waals surface area contributed by atoms with E-state index in [0.29, 0.717) is 0 Å². The van der Waals surface area contributed by atoms with Gasteiger partial charge in [-0.15, -0.1) is 0 Å². The Balaban J connectivity index is 1.49. The predicted molar refractivity (Wildman–Crippen MR) is 116 cm³/mol. The Morgan fingerprint density at radius 2 is 1.15 bits per heavy atom. The first-order chi connectivity index (χ1) is 13.3. The predicted octanol–water partition coefficient (Wildman–Crippen LogP) is 7.80. The molecule has 1 saturated carbocycles. The molecule has 1 aromatic rings. The van der Waals surface area contributed by atoms with E-state index in [1.807, 2.05) is 24.3 Å². The zero-order valence-corrected chi connectivity index (χ0v) is 17.9. The molecule has 2 rings (SSSR count). The molecule has 0 N–H and O–H groups in total. The second-order valence-electron chi connectivity index (χ2n) is 8.40. The molecule has 27 heavy (non-hydrogen) atoms. The lowest BCUT2D eigenvalue weighted by molar-refractivity contribution is 0.228. The van der Waals surface area contributed by atoms with E-state index in [9.17, 15) is 0 Å². The zero-order chi connectivity index (χ0) is 19.2. The summed E-state index contributed by atoms with van der Waals surface area (Å²) in [6, 6.07) is 8.07. The van der Waals surface area contributed by atoms with Crippen LogP contribution < -0.4 is 9.47 Å². The van der Waals surface area contributed by atoms with E-state index in [0.717, 1.165) is 43.0 Å². The summed E-state index contributed by atoms with van der Waals surface area (Å²) in [7, 11) is 0. The summed E-state index contributed by atoms with van der Waals surface area (Å²) in [5.74, 6) is 3.86. The van der Waals surface area contributed by atoms with Crippen molar-refractivity contribution in [1.82, 2.24) is 0 Å². The maximum Gasteiger partial charge on any atom is 0.119 e. The molecule has 0 aromatic heterocycles. The minimum absolute atomic E-state index is 0.779. The van der Waals surface area contributed by atoms with Crippen LogP contribution in [0.2, 0.25) is 0 Å². The molecule has 1 aliphatic carbocycles. The second kappa shape index (κ2) is 13.9. The molecule has 0 atom stereocenters. The largest absolute Gasteiger partial charge is 0.494 e. The van der Waals surface area contributed by atoms with Crippen molar-refractivity contribution in [2.75, 3.05) is 13.2 Å². The van der Waals surface area contributed by atoms with Crippen molar-refractivity contribution in [2.24, 2.45) is 11.8 Å². The highest BCUT2D eigenvalue weighted by atomic mass is 16.5. The first-order valence-electron chi connectivity index (χ1n) is 11.7. The van der Waals surface area contributed by atoms with E-state index < -0.39 is 0 Å². The number of hydrogen-bond donors (Lipinski definition) is 0. The van der Waals surface area contributed by atoms with E-state index >= 15 is 0 Å². The maximum atomic E-state index is 5.91. The smallest absolute Gasteiger partial charge is 0.119 e. The number of benzene rings is 1. The van der Waals surface area contributed by atoms with Crippen molar-refractivity contribution < 1.29 is 9.47 Å². The highest BCUT2D eigenvalue weighted by Crippen LogP contribution is 2.34. The molecular weight excluding hydrogens is 332 g/mol. The van der Waals surface area contributed by atoms with Crippen LogP contribution >= 0.6 is 0 Å². The van der Waals surface area contributed by atoms with Crippen molar-refractivity contribution in [3.63, 3.8) is 0 Å². The monoisotopic (exact) mass is 374 g/mol. The van der Waals surface area contributed by atoms with E-state index in [4.69, 9.17) is 9.47 Å². The Kier molecular flexibility index (Phi) is 11.4. The summed E-state index contributed by atoms with van der Waals surface area (Å²) in [6.07, 6.45) is 18.0. The van der Waals surface area contributed by atoms with Crippen LogP contribution in [0.15, 0.2) is 24.3 Å². The highest BCUT2D eigenvalue weighted by molar-refractivity contribution is 5.31. The lowest BCUT2D eigenvalue weighted by Gasteiger charge is -2.28. The minimum atomic E-state index is 0.779. The van der Waals surface area contributed by atoms with Gasteiger partial charge >= 0.3 is 0 Å². The van der Waals surface area contributed by atoms with E-state index in [2.05, 4.69) is 13.8 Å². The number of hydrogen-bond acceptors (Lipinski definition) is 2. The molecule has 0 bridgehead atoms. The molecule has 0 amide bonds. The molecule has 2 heteroatoms. The fourth-order valence-corrected chi connectivity index (χ4v) is 4.26. The van der Waals surface area contributed by atoms with Crippen LogP contribution in [0.3, 0.4) is 0 Å². The summed E-state index contributed by atoms with van der Waals surface area (Å²) in [5.41, 5.74) is 0. The third kappa shape index (κ3) is 9.53. The SMILES string of the molecule is CCCCCCCC1CCC(CCCOc2ccc(OCCC)cc2)CC1. The summed E-state index contributed by atoms with van der Waals surface area (Å²) < 4.78 is 11.5. The van der Waals surface area contributed by atoms with Gasteiger partial charge in [0, 0.05) is 0 Å². The van der Waals surface area contributed by atoms with Crippen molar-refractivity contribution in [3.8, 4) is 11.5 Å². The standard InChI is InChI=1S/C25H42O2/c1-3-5-6-7-8-10-22-12-14-23(15-13-22)11-9-21-27-25-18-16-24(17-19-25)26-20-4-2/h16-19,22-23H,3-15,20-21H2,1-2H3. The third-order valence-electron chi connectivity index (χ3n) is 6.00. The Labute approximate surface area is 168 Å². The Bertz CT molecular complexity index is 460. The average Bonchev–Trinajstić information content (AvgIpc) is 2.71. The first kappa shape index (κ1) is 22.1. The number of unbranched alkanes of at least 4 members (excludes halogenated alkanes) is 4. The summed E-state index contributed by atoms with van der Waals surface area (Å²) in [5, 5.41) is 0. The van der Waals surface area contributed by atoms with Crippen LogP contribution in [0, 0.1) is 11.8 Å². The Morgan fingerprint density at radius 1 is 0.630 bits per heavy atom. The van der Waals surface area contributed by atoms with Gasteiger partial charge in [0.2, 0.25) is 0 Å². The second-order valence-corrected chi connectivity index (χ2v) is 8.40. The summed E-state index contributed by atoms with van der Waals surface area (Å²) in [4.78, 5) is 0. The van der Waals surface area contributed by atoms with Crippen LogP contribution in [-0.4, -0.2) is 13.2 Å². The van der Waals surface area contributed by atoms with Gasteiger partial charge in [0.1, 0.15) is 11.5 Å². The van der Waals surface area contributed by atoms with Gasteiger partial charge in [-0.2, -0.15) is 0 Å². The maximum absolute atomic E-state index is 5.91. The quantitative estimate of drug-likeness (QED) is 0.309. The van der Waals surface area contributed by atoms with E-state index in [-0.39, 0.29) is 0 Å². The van der Waals surface area contributed by atoms with Crippen LogP contribution in [0.25, 0.3) is 0 Å². The van der Waals surface area contributed by atoms with Crippen LogP contribution in [0.5, 0.6) is 11.5 Å². The van der Waals surface area contributed by atoms with Gasteiger partial charge in [-0.1, -0.05) is 78.1 Å². The van der Waals surface area contributed by atoms with Crippen LogP contribution in [0.1, 0.15) is 97.3 Å². The molecule has 1 aliphatic rings. The number of ether oxygens (including phenoxy) is 2. The van der Waals surface area contributed by atoms with Crippen LogP contribution in [-0.2, 0) is 0 Å². The van der Waals surface area contributed by atoms with Gasteiger partial charge in [-0.05, 0) is 55.4 Å². The zero-order valence-electron chi connectivity index (χ0n) is 17.9. The fourth-order valence-electron chi connectivity index (χ4n) is 4.26. The van der Waals surface area contributed by atoms with Gasteiger partial charge in [0.15, 0.2) is 0 Å². The average molecular weight is 375 g/mol. The molecule has 0 saturated heterocycles. The molecule has 0 radical (unpaired) electrons. The molecule has 1 fully saturated rings. The molecule has 0 spiro atoms. The van der Waals surface area contributed by atoms with Crippen molar-refractivity contribution in [2.45, 2.75) is 97.3 Å².